The molecule has 7 nitrogen and oxygen atoms in total. The van der Waals surface area contributed by atoms with E-state index in [-0.39, 0.29) is 24.2 Å². The van der Waals surface area contributed by atoms with E-state index in [0.29, 0.717) is 0 Å². The van der Waals surface area contributed by atoms with E-state index >= 15 is 0 Å². The van der Waals surface area contributed by atoms with Gasteiger partial charge in [-0.3, -0.25) is 4.79 Å². The molecule has 8 heteroatoms. The number of hydrogen-bond acceptors (Lipinski definition) is 5. The Morgan fingerprint density at radius 2 is 1.97 bits per heavy atom. The molecular weight excluding hydrogens is 411 g/mol. The molecule has 32 heavy (non-hydrogen) atoms. The quantitative estimate of drug-likeness (QED) is 0.335. The van der Waals surface area contributed by atoms with E-state index in [9.17, 15) is 19.2 Å². The van der Waals surface area contributed by atoms with E-state index in [0.717, 1.165) is 34.8 Å². The molecule has 166 valence electrons. The Balaban J connectivity index is 2.16. The molecule has 1 aromatic carbocycles. The first kappa shape index (κ1) is 24.4. The highest BCUT2D eigenvalue weighted by molar-refractivity contribution is 6.00. The number of amides is 1. The molecule has 0 aliphatic heterocycles. The molecule has 0 N–H and O–H groups in total. The highest BCUT2D eigenvalue weighted by Crippen LogP contribution is 2.21. The van der Waals surface area contributed by atoms with Crippen LogP contribution in [-0.2, 0) is 20.9 Å². The minimum absolute atomic E-state index is 0.0109. The van der Waals surface area contributed by atoms with E-state index in [1.807, 2.05) is 32.1 Å². The molecule has 0 fully saturated rings. The lowest BCUT2D eigenvalue weighted by Crippen LogP contribution is -2.36. The van der Waals surface area contributed by atoms with E-state index in [4.69, 9.17) is 10.00 Å². The smallest absolute Gasteiger partial charge is 0.349 e. The molecule has 0 aliphatic rings. The van der Waals surface area contributed by atoms with Gasteiger partial charge in [0.15, 0.2) is 6.61 Å². The molecule has 0 spiro atoms. The Labute approximate surface area is 186 Å². The lowest BCUT2D eigenvalue weighted by Gasteiger charge is -2.22. The van der Waals surface area contributed by atoms with Crippen LogP contribution in [0.15, 0.2) is 35.9 Å². The SMILES string of the molecule is CCCn1c(C)cc(/C=C(\C#N)C(=O)OCC(=O)N(CCC#N)c2ccccc2F)c1C. The molecule has 2 rings (SSSR count). The van der Waals surface area contributed by atoms with Crippen LogP contribution in [0, 0.1) is 42.3 Å². The van der Waals surface area contributed by atoms with Gasteiger partial charge in [0, 0.05) is 24.5 Å². The van der Waals surface area contributed by atoms with E-state index < -0.39 is 24.3 Å². The Hall–Kier alpha value is -3.91. The van der Waals surface area contributed by atoms with Crippen LogP contribution in [0.25, 0.3) is 6.08 Å². The Morgan fingerprint density at radius 3 is 2.59 bits per heavy atom. The maximum absolute atomic E-state index is 14.1. The molecule has 0 unspecified atom stereocenters. The molecule has 0 aliphatic carbocycles. The van der Waals surface area contributed by atoms with Crippen molar-refractivity contribution in [3.05, 3.63) is 58.7 Å². The van der Waals surface area contributed by atoms with Crippen molar-refractivity contribution >= 4 is 23.6 Å². The summed E-state index contributed by atoms with van der Waals surface area (Å²) in [6, 6.07) is 11.2. The third-order valence-corrected chi connectivity index (χ3v) is 4.92. The second-order valence-corrected chi connectivity index (χ2v) is 7.13. The van der Waals surface area contributed by atoms with Crippen molar-refractivity contribution in [1.29, 1.82) is 10.5 Å². The van der Waals surface area contributed by atoms with Gasteiger partial charge in [-0.2, -0.15) is 10.5 Å². The zero-order valence-corrected chi connectivity index (χ0v) is 18.4. The van der Waals surface area contributed by atoms with Gasteiger partial charge in [-0.25, -0.2) is 9.18 Å². The van der Waals surface area contributed by atoms with E-state index in [2.05, 4.69) is 11.5 Å². The first-order valence-corrected chi connectivity index (χ1v) is 10.2. The zero-order valence-electron chi connectivity index (χ0n) is 18.4. The largest absolute Gasteiger partial charge is 0.451 e. The van der Waals surface area contributed by atoms with Crippen molar-refractivity contribution in [2.45, 2.75) is 40.2 Å². The van der Waals surface area contributed by atoms with Crippen LogP contribution in [0.4, 0.5) is 10.1 Å². The molecular formula is C24H25FN4O3. The van der Waals surface area contributed by atoms with Gasteiger partial charge in [0.05, 0.1) is 18.2 Å². The van der Waals surface area contributed by atoms with Gasteiger partial charge in [-0.1, -0.05) is 19.1 Å². The minimum Gasteiger partial charge on any atom is -0.451 e. The molecule has 0 saturated carbocycles. The summed E-state index contributed by atoms with van der Waals surface area (Å²) in [5, 5.41) is 18.3. The number of hydrogen-bond donors (Lipinski definition) is 0. The van der Waals surface area contributed by atoms with Crippen molar-refractivity contribution in [3.8, 4) is 12.1 Å². The average Bonchev–Trinajstić information content (AvgIpc) is 3.04. The number of para-hydroxylation sites is 1. The van der Waals surface area contributed by atoms with Crippen molar-refractivity contribution in [1.82, 2.24) is 4.57 Å². The van der Waals surface area contributed by atoms with Crippen LogP contribution in [0.2, 0.25) is 0 Å². The third kappa shape index (κ3) is 5.83. The third-order valence-electron chi connectivity index (χ3n) is 4.92. The van der Waals surface area contributed by atoms with Crippen LogP contribution in [0.1, 0.15) is 36.7 Å². The van der Waals surface area contributed by atoms with Crippen LogP contribution in [0.5, 0.6) is 0 Å². The number of benzene rings is 1. The predicted molar refractivity (Wildman–Crippen MR) is 118 cm³/mol. The Bertz CT molecular complexity index is 1110. The number of carbonyl (C=O) groups is 2. The van der Waals surface area contributed by atoms with Gasteiger partial charge < -0.3 is 14.2 Å². The predicted octanol–water partition coefficient (Wildman–Crippen LogP) is 4.05. The summed E-state index contributed by atoms with van der Waals surface area (Å²) in [6.45, 7) is 5.98. The number of nitrogens with zero attached hydrogens (tertiary/aromatic N) is 4. The van der Waals surface area contributed by atoms with Crippen molar-refractivity contribution in [2.75, 3.05) is 18.1 Å². The fraction of sp³-hybridized carbons (Fsp3) is 0.333. The number of aromatic nitrogens is 1. The number of ether oxygens (including phenoxy) is 1. The maximum atomic E-state index is 14.1. The summed E-state index contributed by atoms with van der Waals surface area (Å²) in [5.74, 6) is -2.28. The van der Waals surface area contributed by atoms with Crippen molar-refractivity contribution in [3.63, 3.8) is 0 Å². The van der Waals surface area contributed by atoms with Gasteiger partial charge in [0.2, 0.25) is 0 Å². The fourth-order valence-corrected chi connectivity index (χ4v) is 3.33. The lowest BCUT2D eigenvalue weighted by molar-refractivity contribution is -0.143. The number of anilines is 1. The maximum Gasteiger partial charge on any atom is 0.349 e. The summed E-state index contributed by atoms with van der Waals surface area (Å²) in [7, 11) is 0. The molecule has 0 radical (unpaired) electrons. The lowest BCUT2D eigenvalue weighted by atomic mass is 10.1. The molecule has 1 heterocycles. The van der Waals surface area contributed by atoms with Crippen molar-refractivity contribution < 1.29 is 18.7 Å². The Morgan fingerprint density at radius 1 is 1.25 bits per heavy atom. The average molecular weight is 436 g/mol. The first-order valence-electron chi connectivity index (χ1n) is 10.2. The first-order chi connectivity index (χ1) is 15.3. The molecule has 0 saturated heterocycles. The molecule has 1 amide bonds. The topological polar surface area (TPSA) is 99.1 Å². The number of carbonyl (C=O) groups excluding carboxylic acids is 2. The second-order valence-electron chi connectivity index (χ2n) is 7.13. The van der Waals surface area contributed by atoms with Crippen LogP contribution < -0.4 is 4.90 Å². The van der Waals surface area contributed by atoms with Gasteiger partial charge in [0.1, 0.15) is 17.5 Å². The summed E-state index contributed by atoms with van der Waals surface area (Å²) in [6.07, 6.45) is 2.36. The van der Waals surface area contributed by atoms with E-state index in [1.165, 1.54) is 24.3 Å². The summed E-state index contributed by atoms with van der Waals surface area (Å²) >= 11 is 0. The van der Waals surface area contributed by atoms with Crippen LogP contribution in [-0.4, -0.2) is 29.6 Å². The second kappa shape index (κ2) is 11.5. The Kier molecular flexibility index (Phi) is 8.73. The summed E-state index contributed by atoms with van der Waals surface area (Å²) in [5.41, 5.74) is 2.39. The summed E-state index contributed by atoms with van der Waals surface area (Å²) < 4.78 is 21.3. The fourth-order valence-electron chi connectivity index (χ4n) is 3.33. The number of nitriles is 2. The van der Waals surface area contributed by atoms with Gasteiger partial charge in [-0.15, -0.1) is 0 Å². The molecule has 1 aromatic heterocycles. The van der Waals surface area contributed by atoms with Crippen LogP contribution in [0.3, 0.4) is 0 Å². The summed E-state index contributed by atoms with van der Waals surface area (Å²) in [4.78, 5) is 26.1. The highest BCUT2D eigenvalue weighted by atomic mass is 19.1. The van der Waals surface area contributed by atoms with Crippen molar-refractivity contribution in [2.24, 2.45) is 0 Å². The minimum atomic E-state index is -0.949. The van der Waals surface area contributed by atoms with E-state index in [1.54, 1.807) is 6.07 Å². The van der Waals surface area contributed by atoms with Gasteiger partial charge >= 0.3 is 5.97 Å². The monoisotopic (exact) mass is 436 g/mol. The molecule has 0 bridgehead atoms. The number of rotatable bonds is 9. The number of halogens is 1. The normalized spacial score (nSPS) is 10.9. The van der Waals surface area contributed by atoms with Gasteiger partial charge in [0.25, 0.3) is 5.91 Å². The molecule has 2 aromatic rings. The molecule has 0 atom stereocenters. The van der Waals surface area contributed by atoms with Gasteiger partial charge in [-0.05, 0) is 50.1 Å². The number of esters is 1. The number of aryl methyl sites for hydroxylation is 1. The highest BCUT2D eigenvalue weighted by Gasteiger charge is 2.21. The van der Waals surface area contributed by atoms with Crippen LogP contribution >= 0.6 is 0 Å². The standard InChI is InChI=1S/C24H25FN4O3/c1-4-11-28-17(2)13-19(18(28)3)14-20(15-27)24(31)32-16-23(30)29(12-7-10-26)22-9-6-5-8-21(22)25/h5-6,8-9,13-14H,4,7,11-12,16H2,1-3H3/b20-14+. The zero-order chi connectivity index (χ0) is 23.7.